The van der Waals surface area contributed by atoms with Crippen molar-refractivity contribution in [2.45, 2.75) is 33.4 Å². The molecule has 154 valence electrons. The molecule has 0 saturated carbocycles. The lowest BCUT2D eigenvalue weighted by Crippen LogP contribution is -2.38. The Balaban J connectivity index is 1.89. The van der Waals surface area contributed by atoms with Crippen LogP contribution in [0.25, 0.3) is 11.0 Å². The largest absolute Gasteiger partial charge is 0.493 e. The number of nitrogens with two attached hydrogens (primary N) is 2. The van der Waals surface area contributed by atoms with Crippen LogP contribution < -0.4 is 26.1 Å². The molecule has 1 amide bonds. The van der Waals surface area contributed by atoms with Crippen molar-refractivity contribution in [2.24, 2.45) is 7.05 Å². The van der Waals surface area contributed by atoms with Crippen molar-refractivity contribution in [1.29, 1.82) is 0 Å². The van der Waals surface area contributed by atoms with Crippen LogP contribution in [0.5, 0.6) is 5.75 Å². The molecule has 10 heteroatoms. The second kappa shape index (κ2) is 8.52. The Hall–Kier alpha value is -3.07. The molecule has 9 nitrogen and oxygen atoms in total. The van der Waals surface area contributed by atoms with Crippen LogP contribution in [-0.2, 0) is 20.1 Å². The van der Waals surface area contributed by atoms with Gasteiger partial charge in [-0.25, -0.2) is 19.1 Å². The normalized spacial score (nSPS) is 11.0. The number of halogens is 1. The van der Waals surface area contributed by atoms with Crippen molar-refractivity contribution < 1.29 is 14.1 Å². The number of anilines is 2. The highest BCUT2D eigenvalue weighted by atomic mass is 35.5. The Morgan fingerprint density at radius 1 is 1.28 bits per heavy atom. The molecule has 0 bridgehead atoms. The standard InChI is InChI=1S/C19H24ClN7O2/c1-4-8-29-11-6-7-12-13(9-11)27(5-2)14(26(12)3)10-23-19(28)15-17(21)25-18(22)16(20)24-15/h6-7,9H,4-5,8,10H2,1-3H3,(H4-,21,22,23,25,28)/p+1. The molecule has 29 heavy (non-hydrogen) atoms. The third-order valence-corrected chi connectivity index (χ3v) is 4.89. The molecule has 3 aromatic rings. The number of nitrogens with one attached hydrogen (secondary N) is 1. The van der Waals surface area contributed by atoms with E-state index in [4.69, 9.17) is 27.8 Å². The van der Waals surface area contributed by atoms with E-state index in [0.717, 1.165) is 35.6 Å². The molecular formula is C19H25ClN7O2+. The van der Waals surface area contributed by atoms with Gasteiger partial charge in [-0.3, -0.25) is 4.79 Å². The number of hydrogen-bond acceptors (Lipinski definition) is 6. The maximum Gasteiger partial charge on any atom is 0.276 e. The minimum Gasteiger partial charge on any atom is -0.493 e. The molecule has 0 aliphatic rings. The molecule has 0 atom stereocenters. The maximum absolute atomic E-state index is 12.6. The molecule has 0 aliphatic carbocycles. The first-order chi connectivity index (χ1) is 13.9. The van der Waals surface area contributed by atoms with Gasteiger partial charge in [0.15, 0.2) is 33.5 Å². The number of fused-ring (bicyclic) bond motifs is 1. The molecule has 2 aromatic heterocycles. The van der Waals surface area contributed by atoms with Crippen LogP contribution >= 0.6 is 11.6 Å². The van der Waals surface area contributed by atoms with Crippen molar-refractivity contribution in [1.82, 2.24) is 19.9 Å². The first-order valence-electron chi connectivity index (χ1n) is 9.37. The van der Waals surface area contributed by atoms with Crippen molar-refractivity contribution in [3.63, 3.8) is 0 Å². The fourth-order valence-electron chi connectivity index (χ4n) is 3.19. The average Bonchev–Trinajstić information content (AvgIpc) is 2.97. The van der Waals surface area contributed by atoms with Crippen LogP contribution in [0.15, 0.2) is 18.2 Å². The van der Waals surface area contributed by atoms with Crippen LogP contribution in [0.4, 0.5) is 11.6 Å². The Kier molecular flexibility index (Phi) is 6.07. The van der Waals surface area contributed by atoms with Gasteiger partial charge in [0.2, 0.25) is 0 Å². The summed E-state index contributed by atoms with van der Waals surface area (Å²) in [6.45, 7) is 5.79. The van der Waals surface area contributed by atoms with Crippen molar-refractivity contribution in [3.05, 3.63) is 34.9 Å². The van der Waals surface area contributed by atoms with Crippen LogP contribution in [0.1, 0.15) is 36.6 Å². The number of imidazole rings is 1. The van der Waals surface area contributed by atoms with Gasteiger partial charge in [-0.1, -0.05) is 18.5 Å². The molecule has 0 aliphatic heterocycles. The van der Waals surface area contributed by atoms with Crippen molar-refractivity contribution in [3.8, 4) is 5.75 Å². The van der Waals surface area contributed by atoms with Gasteiger partial charge in [0, 0.05) is 6.07 Å². The van der Waals surface area contributed by atoms with Gasteiger partial charge in [0.25, 0.3) is 11.7 Å². The van der Waals surface area contributed by atoms with E-state index in [1.165, 1.54) is 0 Å². The summed E-state index contributed by atoms with van der Waals surface area (Å²) in [7, 11) is 1.96. The Bertz CT molecular complexity index is 1060. The van der Waals surface area contributed by atoms with Gasteiger partial charge in [0.05, 0.1) is 20.2 Å². The second-order valence-corrected chi connectivity index (χ2v) is 6.89. The number of amides is 1. The fourth-order valence-corrected chi connectivity index (χ4v) is 3.32. The fraction of sp³-hybridized carbons (Fsp3) is 0.368. The second-order valence-electron chi connectivity index (χ2n) is 6.53. The zero-order valence-corrected chi connectivity index (χ0v) is 17.5. The zero-order chi connectivity index (χ0) is 21.1. The zero-order valence-electron chi connectivity index (χ0n) is 16.7. The number of hydrogen-bond donors (Lipinski definition) is 3. The Labute approximate surface area is 173 Å². The van der Waals surface area contributed by atoms with Crippen molar-refractivity contribution >= 4 is 40.2 Å². The van der Waals surface area contributed by atoms with Crippen LogP contribution in [0, 0.1) is 0 Å². The highest BCUT2D eigenvalue weighted by Gasteiger charge is 2.24. The number of rotatable bonds is 7. The minimum absolute atomic E-state index is 0.0145. The van der Waals surface area contributed by atoms with Gasteiger partial charge in [-0.15, -0.1) is 0 Å². The quantitative estimate of drug-likeness (QED) is 0.502. The predicted octanol–water partition coefficient (Wildman–Crippen LogP) is 1.81. The number of aromatic nitrogens is 4. The topological polar surface area (TPSA) is 125 Å². The third-order valence-electron chi connectivity index (χ3n) is 4.61. The maximum atomic E-state index is 12.6. The van der Waals surface area contributed by atoms with E-state index in [2.05, 4.69) is 26.8 Å². The Morgan fingerprint density at radius 2 is 2.03 bits per heavy atom. The smallest absolute Gasteiger partial charge is 0.276 e. The van der Waals surface area contributed by atoms with Gasteiger partial charge < -0.3 is 21.5 Å². The first kappa shape index (κ1) is 20.7. The summed E-state index contributed by atoms with van der Waals surface area (Å²) in [6, 6.07) is 5.98. The average molecular weight is 419 g/mol. The van der Waals surface area contributed by atoms with Crippen molar-refractivity contribution in [2.75, 3.05) is 18.1 Å². The molecule has 5 N–H and O–H groups in total. The first-order valence-corrected chi connectivity index (χ1v) is 9.75. The lowest BCUT2D eigenvalue weighted by molar-refractivity contribution is -0.654. The Morgan fingerprint density at radius 3 is 2.72 bits per heavy atom. The van der Waals surface area contributed by atoms with E-state index in [1.54, 1.807) is 0 Å². The number of aryl methyl sites for hydroxylation is 2. The minimum atomic E-state index is -0.475. The summed E-state index contributed by atoms with van der Waals surface area (Å²) < 4.78 is 9.92. The summed E-state index contributed by atoms with van der Waals surface area (Å²) in [4.78, 5) is 20.4. The number of carbonyl (C=O) groups is 1. The van der Waals surface area contributed by atoms with Crippen LogP contribution in [0.2, 0.25) is 5.15 Å². The molecule has 0 unspecified atom stereocenters. The number of ether oxygens (including phenoxy) is 1. The van der Waals surface area contributed by atoms with Crippen LogP contribution in [-0.4, -0.2) is 27.0 Å². The molecular weight excluding hydrogens is 394 g/mol. The highest BCUT2D eigenvalue weighted by molar-refractivity contribution is 6.31. The predicted molar refractivity (Wildman–Crippen MR) is 112 cm³/mol. The molecule has 0 saturated heterocycles. The van der Waals surface area contributed by atoms with E-state index >= 15 is 0 Å². The van der Waals surface area contributed by atoms with Gasteiger partial charge >= 0.3 is 0 Å². The van der Waals surface area contributed by atoms with Gasteiger partial charge in [-0.2, -0.15) is 0 Å². The van der Waals surface area contributed by atoms with E-state index in [-0.39, 0.29) is 29.0 Å². The molecule has 2 heterocycles. The van der Waals surface area contributed by atoms with E-state index in [1.807, 2.05) is 36.7 Å². The van der Waals surface area contributed by atoms with Gasteiger partial charge in [-0.05, 0) is 25.5 Å². The number of carbonyl (C=O) groups excluding carboxylic acids is 1. The SMILES string of the molecule is CCCOc1ccc2c(c1)n(CC)c(CNC(=O)c1nc(Cl)c(N)nc1N)[n+]2C. The molecule has 0 fully saturated rings. The molecule has 0 spiro atoms. The number of nitrogens with zero attached hydrogens (tertiary/aromatic N) is 4. The lowest BCUT2D eigenvalue weighted by Gasteiger charge is -2.07. The summed E-state index contributed by atoms with van der Waals surface area (Å²) in [5.41, 5.74) is 13.3. The highest BCUT2D eigenvalue weighted by Crippen LogP contribution is 2.22. The molecule has 1 aromatic carbocycles. The lowest BCUT2D eigenvalue weighted by atomic mass is 10.3. The van der Waals surface area contributed by atoms with E-state index in [0.29, 0.717) is 6.61 Å². The van der Waals surface area contributed by atoms with Gasteiger partial charge in [0.1, 0.15) is 12.3 Å². The van der Waals surface area contributed by atoms with Crippen LogP contribution in [0.3, 0.4) is 0 Å². The third kappa shape index (κ3) is 4.04. The summed E-state index contributed by atoms with van der Waals surface area (Å²) in [5, 5.41) is 2.78. The summed E-state index contributed by atoms with van der Waals surface area (Å²) in [5.74, 6) is 1.18. The molecule has 0 radical (unpaired) electrons. The van der Waals surface area contributed by atoms with E-state index < -0.39 is 5.91 Å². The monoisotopic (exact) mass is 418 g/mol. The molecule has 3 rings (SSSR count). The number of nitrogen functional groups attached to an aromatic ring is 2. The number of benzene rings is 1. The summed E-state index contributed by atoms with van der Waals surface area (Å²) in [6.07, 6.45) is 0.944. The summed E-state index contributed by atoms with van der Waals surface area (Å²) >= 11 is 5.87. The van der Waals surface area contributed by atoms with E-state index in [9.17, 15) is 4.79 Å².